The molecule has 0 aromatic heterocycles. The van der Waals surface area contributed by atoms with E-state index in [1.165, 1.54) is 0 Å². The van der Waals surface area contributed by atoms with Gasteiger partial charge in [0.05, 0.1) is 13.2 Å². The molecular formula is C27H40O16. The molecule has 16 nitrogen and oxygen atoms in total. The molecule has 43 heavy (non-hydrogen) atoms. The second kappa shape index (κ2) is 17.5. The van der Waals surface area contributed by atoms with Crippen LogP contribution in [0.1, 0.15) is 19.3 Å². The SMILES string of the molecule is C=C(CCO)C(=O)OC[C@@H]1OC[C@H](OC(=O)C(=C)CCO[C@@H]2O[C@H](COC(=O)C(=C)CCO)[C@@H](O)[C@H](O)[C@H]2O)[C@@H](O)[C@H]1O. The molecule has 0 saturated carbocycles. The predicted octanol–water partition coefficient (Wildman–Crippen LogP) is -3.25. The molecule has 2 aliphatic heterocycles. The zero-order valence-electron chi connectivity index (χ0n) is 23.5. The Kier molecular flexibility index (Phi) is 14.8. The summed E-state index contributed by atoms with van der Waals surface area (Å²) in [6, 6.07) is 0. The first-order valence-electron chi connectivity index (χ1n) is 13.4. The zero-order valence-corrected chi connectivity index (χ0v) is 23.5. The van der Waals surface area contributed by atoms with Crippen molar-refractivity contribution in [2.75, 3.05) is 39.6 Å². The van der Waals surface area contributed by atoms with E-state index in [0.717, 1.165) is 0 Å². The van der Waals surface area contributed by atoms with Crippen LogP contribution in [0.4, 0.5) is 0 Å². The fourth-order valence-electron chi connectivity index (χ4n) is 3.91. The van der Waals surface area contributed by atoms with Crippen molar-refractivity contribution < 1.29 is 78.6 Å². The van der Waals surface area contributed by atoms with Gasteiger partial charge in [0.2, 0.25) is 0 Å². The first-order valence-corrected chi connectivity index (χ1v) is 13.4. The lowest BCUT2D eigenvalue weighted by Crippen LogP contribution is -2.59. The van der Waals surface area contributed by atoms with E-state index in [1.807, 2.05) is 0 Å². The lowest BCUT2D eigenvalue weighted by Gasteiger charge is -2.40. The van der Waals surface area contributed by atoms with Crippen LogP contribution in [0.25, 0.3) is 0 Å². The van der Waals surface area contributed by atoms with Crippen LogP contribution in [-0.2, 0) is 42.8 Å². The van der Waals surface area contributed by atoms with Crippen molar-refractivity contribution in [3.63, 3.8) is 0 Å². The number of esters is 3. The van der Waals surface area contributed by atoms with Gasteiger partial charge in [-0.2, -0.15) is 0 Å². The smallest absolute Gasteiger partial charge is 0.333 e. The third-order valence-corrected chi connectivity index (χ3v) is 6.65. The molecule has 0 aliphatic carbocycles. The maximum absolute atomic E-state index is 12.5. The Hall–Kier alpha value is -2.77. The minimum absolute atomic E-state index is 0.00298. The molecule has 244 valence electrons. The Morgan fingerprint density at radius 3 is 1.74 bits per heavy atom. The molecule has 0 aromatic rings. The molecule has 2 rings (SSSR count). The number of aliphatic hydroxyl groups is 7. The fraction of sp³-hybridized carbons (Fsp3) is 0.667. The van der Waals surface area contributed by atoms with Crippen molar-refractivity contribution in [2.24, 2.45) is 0 Å². The third kappa shape index (κ3) is 10.4. The lowest BCUT2D eigenvalue weighted by atomic mass is 9.99. The minimum Gasteiger partial charge on any atom is -0.459 e. The summed E-state index contributed by atoms with van der Waals surface area (Å²) < 4.78 is 31.3. The van der Waals surface area contributed by atoms with E-state index < -0.39 is 86.2 Å². The molecule has 0 spiro atoms. The van der Waals surface area contributed by atoms with E-state index in [4.69, 9.17) is 38.6 Å². The average molecular weight is 621 g/mol. The van der Waals surface area contributed by atoms with E-state index >= 15 is 0 Å². The van der Waals surface area contributed by atoms with Gasteiger partial charge in [0.1, 0.15) is 55.9 Å². The molecule has 0 unspecified atom stereocenters. The largest absolute Gasteiger partial charge is 0.459 e. The number of rotatable bonds is 16. The van der Waals surface area contributed by atoms with Gasteiger partial charge in [-0.1, -0.05) is 19.7 Å². The summed E-state index contributed by atoms with van der Waals surface area (Å²) in [4.78, 5) is 36.2. The Bertz CT molecular complexity index is 997. The topological polar surface area (TPSA) is 248 Å². The Balaban J connectivity index is 1.80. The van der Waals surface area contributed by atoms with Crippen molar-refractivity contribution in [3.05, 3.63) is 36.5 Å². The Morgan fingerprint density at radius 2 is 1.19 bits per heavy atom. The van der Waals surface area contributed by atoms with Gasteiger partial charge in [-0.15, -0.1) is 0 Å². The lowest BCUT2D eigenvalue weighted by molar-refractivity contribution is -0.301. The molecule has 0 bridgehead atoms. The summed E-state index contributed by atoms with van der Waals surface area (Å²) in [6.45, 7) is 8.32. The normalized spacial score (nSPS) is 30.6. The minimum atomic E-state index is -1.72. The van der Waals surface area contributed by atoms with Gasteiger partial charge in [0, 0.05) is 49.2 Å². The number of hydrogen-bond acceptors (Lipinski definition) is 16. The first-order chi connectivity index (χ1) is 20.3. The van der Waals surface area contributed by atoms with Crippen molar-refractivity contribution in [2.45, 2.75) is 74.4 Å². The average Bonchev–Trinajstić information content (AvgIpc) is 2.98. The van der Waals surface area contributed by atoms with E-state index in [1.54, 1.807) is 0 Å². The standard InChI is InChI=1S/C27H40O16/c1-13(4-7-28)24(35)40-10-16-19(30)20(31)17(11-39-16)42-26(37)15(3)6-9-38-27-23(34)22(33)21(32)18(43-27)12-41-25(36)14(2)5-8-29/h16-23,27-34H,1-12H2/t16-,17-,18+,19-,20+,21+,22-,23+,27+/m0/s1. The molecule has 0 radical (unpaired) electrons. The van der Waals surface area contributed by atoms with Crippen LogP contribution in [0.5, 0.6) is 0 Å². The van der Waals surface area contributed by atoms with Gasteiger partial charge >= 0.3 is 17.9 Å². The summed E-state index contributed by atoms with van der Waals surface area (Å²) in [5.41, 5.74) is -0.127. The summed E-state index contributed by atoms with van der Waals surface area (Å²) in [5, 5.41) is 69.0. The third-order valence-electron chi connectivity index (χ3n) is 6.65. The molecule has 16 heteroatoms. The summed E-state index contributed by atoms with van der Waals surface area (Å²) in [6.07, 6.45) is -13.6. The number of carbonyl (C=O) groups is 3. The fourth-order valence-corrected chi connectivity index (χ4v) is 3.91. The van der Waals surface area contributed by atoms with Crippen molar-refractivity contribution in [1.29, 1.82) is 0 Å². The Morgan fingerprint density at radius 1 is 0.674 bits per heavy atom. The van der Waals surface area contributed by atoms with Crippen LogP contribution in [0.2, 0.25) is 0 Å². The van der Waals surface area contributed by atoms with Gasteiger partial charge in [-0.25, -0.2) is 14.4 Å². The second-order valence-electron chi connectivity index (χ2n) is 9.89. The van der Waals surface area contributed by atoms with Crippen molar-refractivity contribution >= 4 is 17.9 Å². The van der Waals surface area contributed by atoms with Crippen LogP contribution < -0.4 is 0 Å². The Labute approximate surface area is 247 Å². The summed E-state index contributed by atoms with van der Waals surface area (Å²) in [7, 11) is 0. The van der Waals surface area contributed by atoms with Gasteiger partial charge < -0.3 is 64.2 Å². The maximum Gasteiger partial charge on any atom is 0.333 e. The number of hydrogen-bond donors (Lipinski definition) is 7. The molecular weight excluding hydrogens is 580 g/mol. The highest BCUT2D eigenvalue weighted by Crippen LogP contribution is 2.24. The maximum atomic E-state index is 12.5. The van der Waals surface area contributed by atoms with E-state index in [0.29, 0.717) is 0 Å². The van der Waals surface area contributed by atoms with Crippen LogP contribution in [0.15, 0.2) is 36.5 Å². The van der Waals surface area contributed by atoms with Gasteiger partial charge in [-0.3, -0.25) is 0 Å². The quantitative estimate of drug-likeness (QED) is 0.0508. The molecule has 0 aromatic carbocycles. The number of aliphatic hydroxyl groups excluding tert-OH is 7. The highest BCUT2D eigenvalue weighted by molar-refractivity contribution is 5.88. The predicted molar refractivity (Wildman–Crippen MR) is 142 cm³/mol. The highest BCUT2D eigenvalue weighted by atomic mass is 16.7. The molecule has 9 atom stereocenters. The van der Waals surface area contributed by atoms with Crippen LogP contribution in [0, 0.1) is 0 Å². The summed E-state index contributed by atoms with van der Waals surface area (Å²) >= 11 is 0. The van der Waals surface area contributed by atoms with Gasteiger partial charge in [-0.05, 0) is 0 Å². The molecule has 2 fully saturated rings. The number of ether oxygens (including phenoxy) is 6. The van der Waals surface area contributed by atoms with Crippen molar-refractivity contribution in [3.8, 4) is 0 Å². The molecule has 0 amide bonds. The molecule has 2 heterocycles. The molecule has 2 saturated heterocycles. The summed E-state index contributed by atoms with van der Waals surface area (Å²) in [5.74, 6) is -2.61. The molecule has 7 N–H and O–H groups in total. The molecule has 2 aliphatic rings. The first kappa shape index (κ1) is 36.4. The van der Waals surface area contributed by atoms with Crippen LogP contribution >= 0.6 is 0 Å². The number of carbonyl (C=O) groups excluding carboxylic acids is 3. The van der Waals surface area contributed by atoms with E-state index in [-0.39, 0.29) is 62.4 Å². The van der Waals surface area contributed by atoms with E-state index in [9.17, 15) is 39.9 Å². The van der Waals surface area contributed by atoms with Gasteiger partial charge in [0.25, 0.3) is 0 Å². The van der Waals surface area contributed by atoms with Crippen LogP contribution in [-0.4, -0.2) is 148 Å². The highest BCUT2D eigenvalue weighted by Gasteiger charge is 2.45. The zero-order chi connectivity index (χ0) is 32.3. The monoisotopic (exact) mass is 620 g/mol. The second-order valence-corrected chi connectivity index (χ2v) is 9.89. The van der Waals surface area contributed by atoms with Crippen LogP contribution in [0.3, 0.4) is 0 Å². The van der Waals surface area contributed by atoms with Gasteiger partial charge in [0.15, 0.2) is 12.4 Å². The van der Waals surface area contributed by atoms with E-state index in [2.05, 4.69) is 19.7 Å². The van der Waals surface area contributed by atoms with Crippen molar-refractivity contribution in [1.82, 2.24) is 0 Å².